The number of nitrogens with zero attached hydrogens (tertiary/aromatic N) is 7. The number of piperidine rings is 1. The standard InChI is InChI=1S/C31H30FN7O/c32-27-17-34-31(35-18-27)39-29(25-10-13-37(14-11-25)20-23-8-6-22(16-33)7-9-23)28(19-36-39)30(40)38-15-12-26(21-38)24-4-2-1-3-5-24/h1-9,17-19,25-26H,10-15,20-21H2/t26-/m0/s1. The molecule has 6 rings (SSSR count). The van der Waals surface area contributed by atoms with Gasteiger partial charge in [0.2, 0.25) is 0 Å². The van der Waals surface area contributed by atoms with Gasteiger partial charge in [0.25, 0.3) is 11.9 Å². The van der Waals surface area contributed by atoms with Crippen molar-refractivity contribution in [3.8, 4) is 12.0 Å². The SMILES string of the molecule is N#Cc1ccc(CN2CCC(c3c(C(=O)N4CC[C@H](c5ccccc5)C4)cnn3-c3ncc(F)cn3)CC2)cc1. The van der Waals surface area contributed by atoms with Gasteiger partial charge in [0.1, 0.15) is 0 Å². The Kier molecular flexibility index (Phi) is 7.34. The van der Waals surface area contributed by atoms with Gasteiger partial charge in [-0.1, -0.05) is 42.5 Å². The molecule has 4 heterocycles. The topological polar surface area (TPSA) is 90.9 Å². The number of aromatic nitrogens is 4. The van der Waals surface area contributed by atoms with Crippen molar-refractivity contribution < 1.29 is 9.18 Å². The van der Waals surface area contributed by atoms with Crippen molar-refractivity contribution in [2.75, 3.05) is 26.2 Å². The summed E-state index contributed by atoms with van der Waals surface area (Å²) in [6.07, 6.45) is 6.49. The second kappa shape index (κ2) is 11.4. The molecule has 40 heavy (non-hydrogen) atoms. The molecule has 1 atom stereocenters. The molecule has 2 saturated heterocycles. The number of halogens is 1. The minimum Gasteiger partial charge on any atom is -0.338 e. The Morgan fingerprint density at radius 1 is 0.925 bits per heavy atom. The number of hydrogen-bond acceptors (Lipinski definition) is 6. The summed E-state index contributed by atoms with van der Waals surface area (Å²) in [6.45, 7) is 3.88. The molecule has 2 fully saturated rings. The molecule has 1 amide bonds. The summed E-state index contributed by atoms with van der Waals surface area (Å²) in [5, 5.41) is 13.6. The molecular formula is C31H30FN7O. The van der Waals surface area contributed by atoms with E-state index in [-0.39, 0.29) is 17.8 Å². The maximum Gasteiger partial charge on any atom is 0.257 e. The first-order valence-corrected chi connectivity index (χ1v) is 13.7. The highest BCUT2D eigenvalue weighted by atomic mass is 19.1. The Morgan fingerprint density at radius 3 is 2.33 bits per heavy atom. The van der Waals surface area contributed by atoms with E-state index >= 15 is 0 Å². The van der Waals surface area contributed by atoms with Gasteiger partial charge in [-0.25, -0.2) is 19.0 Å². The number of hydrogen-bond donors (Lipinski definition) is 0. The van der Waals surface area contributed by atoms with Crippen molar-refractivity contribution in [2.45, 2.75) is 37.6 Å². The number of likely N-dealkylation sites (tertiary alicyclic amines) is 2. The minimum absolute atomic E-state index is 0.0261. The molecule has 2 aromatic carbocycles. The normalized spacial score (nSPS) is 18.1. The first-order chi connectivity index (χ1) is 19.6. The van der Waals surface area contributed by atoms with Crippen molar-refractivity contribution >= 4 is 5.91 Å². The van der Waals surface area contributed by atoms with E-state index < -0.39 is 5.82 Å². The highest BCUT2D eigenvalue weighted by Gasteiger charge is 2.34. The number of rotatable bonds is 6. The molecule has 0 unspecified atom stereocenters. The summed E-state index contributed by atoms with van der Waals surface area (Å²) in [7, 11) is 0. The third-order valence-electron chi connectivity index (χ3n) is 8.04. The Labute approximate surface area is 232 Å². The lowest BCUT2D eigenvalue weighted by Gasteiger charge is -2.32. The van der Waals surface area contributed by atoms with Gasteiger partial charge in [0, 0.05) is 31.5 Å². The number of amides is 1. The average Bonchev–Trinajstić information content (AvgIpc) is 3.67. The van der Waals surface area contributed by atoms with Crippen LogP contribution in [-0.4, -0.2) is 61.6 Å². The molecule has 2 aromatic heterocycles. The van der Waals surface area contributed by atoms with Gasteiger partial charge in [-0.15, -0.1) is 0 Å². The van der Waals surface area contributed by atoms with E-state index in [0.717, 1.165) is 57.0 Å². The fourth-order valence-electron chi connectivity index (χ4n) is 5.91. The second-order valence-corrected chi connectivity index (χ2v) is 10.6. The molecule has 8 nitrogen and oxygen atoms in total. The predicted molar refractivity (Wildman–Crippen MR) is 147 cm³/mol. The number of nitriles is 1. The molecule has 2 aliphatic heterocycles. The molecule has 0 spiro atoms. The van der Waals surface area contributed by atoms with E-state index in [2.05, 4.69) is 38.2 Å². The zero-order valence-corrected chi connectivity index (χ0v) is 22.2. The summed E-state index contributed by atoms with van der Waals surface area (Å²) < 4.78 is 15.2. The summed E-state index contributed by atoms with van der Waals surface area (Å²) >= 11 is 0. The van der Waals surface area contributed by atoms with Crippen molar-refractivity contribution in [2.24, 2.45) is 0 Å². The van der Waals surface area contributed by atoms with Crippen LogP contribution < -0.4 is 0 Å². The van der Waals surface area contributed by atoms with Gasteiger partial charge >= 0.3 is 0 Å². The Bertz CT molecular complexity index is 1500. The fourth-order valence-corrected chi connectivity index (χ4v) is 5.91. The molecule has 0 radical (unpaired) electrons. The van der Waals surface area contributed by atoms with Gasteiger partial charge in [-0.2, -0.15) is 10.4 Å². The quantitative estimate of drug-likeness (QED) is 0.356. The Hall–Kier alpha value is -4.42. The van der Waals surface area contributed by atoms with Gasteiger partial charge in [0.05, 0.1) is 41.5 Å². The molecule has 9 heteroatoms. The van der Waals surface area contributed by atoms with Crippen LogP contribution >= 0.6 is 0 Å². The van der Waals surface area contributed by atoms with Crippen LogP contribution in [0.2, 0.25) is 0 Å². The summed E-state index contributed by atoms with van der Waals surface area (Å²) in [5.74, 6) is 0.115. The van der Waals surface area contributed by atoms with E-state index in [1.165, 1.54) is 11.1 Å². The molecule has 2 aliphatic rings. The third-order valence-corrected chi connectivity index (χ3v) is 8.04. The third kappa shape index (κ3) is 5.36. The van der Waals surface area contributed by atoms with Crippen molar-refractivity contribution in [1.82, 2.24) is 29.5 Å². The molecule has 0 saturated carbocycles. The van der Waals surface area contributed by atoms with Crippen LogP contribution in [0.4, 0.5) is 4.39 Å². The first kappa shape index (κ1) is 25.8. The van der Waals surface area contributed by atoms with E-state index in [9.17, 15) is 9.18 Å². The smallest absolute Gasteiger partial charge is 0.257 e. The Morgan fingerprint density at radius 2 is 1.62 bits per heavy atom. The van der Waals surface area contributed by atoms with Gasteiger partial charge in [-0.05, 0) is 55.6 Å². The monoisotopic (exact) mass is 535 g/mol. The van der Waals surface area contributed by atoms with Crippen LogP contribution in [0.3, 0.4) is 0 Å². The van der Waals surface area contributed by atoms with E-state index in [1.807, 2.05) is 47.4 Å². The van der Waals surface area contributed by atoms with Crippen molar-refractivity contribution in [3.63, 3.8) is 0 Å². The maximum atomic E-state index is 13.9. The first-order valence-electron chi connectivity index (χ1n) is 13.7. The average molecular weight is 536 g/mol. The lowest BCUT2D eigenvalue weighted by Crippen LogP contribution is -2.34. The van der Waals surface area contributed by atoms with Gasteiger partial charge in [-0.3, -0.25) is 9.69 Å². The second-order valence-electron chi connectivity index (χ2n) is 10.6. The van der Waals surface area contributed by atoms with Crippen LogP contribution in [0.15, 0.2) is 73.2 Å². The molecule has 0 N–H and O–H groups in total. The largest absolute Gasteiger partial charge is 0.338 e. The zero-order valence-electron chi connectivity index (χ0n) is 22.2. The van der Waals surface area contributed by atoms with Crippen LogP contribution in [0, 0.1) is 17.1 Å². The van der Waals surface area contributed by atoms with Gasteiger partial charge < -0.3 is 4.90 Å². The van der Waals surface area contributed by atoms with E-state index in [4.69, 9.17) is 5.26 Å². The van der Waals surface area contributed by atoms with Crippen molar-refractivity contribution in [3.05, 3.63) is 107 Å². The number of carbonyl (C=O) groups excluding carboxylic acids is 1. The molecule has 202 valence electrons. The van der Waals surface area contributed by atoms with E-state index in [0.29, 0.717) is 30.1 Å². The summed E-state index contributed by atoms with van der Waals surface area (Å²) in [6, 6.07) is 20.2. The molecular weight excluding hydrogens is 505 g/mol. The lowest BCUT2D eigenvalue weighted by atomic mass is 9.90. The highest BCUT2D eigenvalue weighted by Crippen LogP contribution is 2.34. The minimum atomic E-state index is -0.520. The molecule has 4 aromatic rings. The number of benzene rings is 2. The van der Waals surface area contributed by atoms with Gasteiger partial charge in [0.15, 0.2) is 5.82 Å². The summed E-state index contributed by atoms with van der Waals surface area (Å²) in [4.78, 5) is 26.5. The number of carbonyl (C=O) groups is 1. The van der Waals surface area contributed by atoms with E-state index in [1.54, 1.807) is 10.9 Å². The fraction of sp³-hybridized carbons (Fsp3) is 0.323. The zero-order chi connectivity index (χ0) is 27.5. The lowest BCUT2D eigenvalue weighted by molar-refractivity contribution is 0.0788. The molecule has 0 bridgehead atoms. The molecule has 0 aliphatic carbocycles. The highest BCUT2D eigenvalue weighted by molar-refractivity contribution is 5.95. The van der Waals surface area contributed by atoms with Crippen LogP contribution in [0.5, 0.6) is 0 Å². The van der Waals surface area contributed by atoms with Crippen LogP contribution in [-0.2, 0) is 6.54 Å². The van der Waals surface area contributed by atoms with Crippen LogP contribution in [0.1, 0.15) is 63.8 Å². The predicted octanol–water partition coefficient (Wildman–Crippen LogP) is 4.68. The van der Waals surface area contributed by atoms with Crippen LogP contribution in [0.25, 0.3) is 5.95 Å². The Balaban J connectivity index is 1.22. The summed E-state index contributed by atoms with van der Waals surface area (Å²) in [5.41, 5.74) is 4.46. The maximum absolute atomic E-state index is 13.9. The van der Waals surface area contributed by atoms with Crippen molar-refractivity contribution in [1.29, 1.82) is 5.26 Å².